The fraction of sp³-hybridized carbons (Fsp3) is 1.00. The Bertz CT molecular complexity index is 319. The predicted octanol–water partition coefficient (Wildman–Crippen LogP) is 9.43. The molecule has 0 fully saturated rings. The highest BCUT2D eigenvalue weighted by Crippen LogP contribution is 2.24. The maximum Gasteiger partial charge on any atom is -0.0443 e. The molecule has 0 aliphatic heterocycles. The molecule has 32 heavy (non-hydrogen) atoms. The number of hydrogen-bond acceptors (Lipinski definition) is 0. The Morgan fingerprint density at radius 1 is 0.281 bits per heavy atom. The minimum absolute atomic E-state index is 0. The zero-order valence-corrected chi connectivity index (χ0v) is 23.8. The second-order valence-corrected chi connectivity index (χ2v) is 12.2. The van der Waals surface area contributed by atoms with Gasteiger partial charge in [-0.2, -0.15) is 0 Å². The summed E-state index contributed by atoms with van der Waals surface area (Å²) in [5.74, 6) is 5.51. The van der Waals surface area contributed by atoms with Crippen molar-refractivity contribution in [2.45, 2.75) is 158 Å². The highest BCUT2D eigenvalue weighted by Gasteiger charge is 2.09. The summed E-state index contributed by atoms with van der Waals surface area (Å²) >= 11 is 0. The Morgan fingerprint density at radius 3 is 0.688 bits per heavy atom. The zero-order chi connectivity index (χ0) is 22.8. The molecule has 2 nitrogen and oxygen atoms in total. The van der Waals surface area contributed by atoms with Crippen molar-refractivity contribution in [1.82, 2.24) is 0 Å². The van der Waals surface area contributed by atoms with Gasteiger partial charge < -0.3 is 11.0 Å². The minimum Gasteiger partial charge on any atom is -0.412 e. The van der Waals surface area contributed by atoms with Gasteiger partial charge in [-0.05, 0) is 35.5 Å². The van der Waals surface area contributed by atoms with Crippen LogP contribution in [-0.2, 0) is 0 Å². The van der Waals surface area contributed by atoms with Crippen LogP contribution in [0, 0.1) is 35.5 Å². The number of rotatable bonds is 21. The van der Waals surface area contributed by atoms with Gasteiger partial charge in [0.15, 0.2) is 0 Å². The van der Waals surface area contributed by atoms with E-state index < -0.39 is 0 Å². The van der Waals surface area contributed by atoms with Crippen LogP contribution < -0.4 is 0 Å². The molecule has 0 spiro atoms. The van der Waals surface area contributed by atoms with Crippen molar-refractivity contribution in [1.29, 1.82) is 0 Å². The molecule has 0 radical (unpaired) electrons. The molecule has 0 amide bonds. The van der Waals surface area contributed by atoms with E-state index in [1.807, 2.05) is 0 Å². The highest BCUT2D eigenvalue weighted by atomic mass is 16.0. The van der Waals surface area contributed by atoms with Crippen LogP contribution in [0.1, 0.15) is 158 Å². The maximum atomic E-state index is 2.49. The van der Waals surface area contributed by atoms with Gasteiger partial charge in [0.05, 0.1) is 0 Å². The second-order valence-electron chi connectivity index (χ2n) is 12.2. The molecule has 0 bridgehead atoms. The molecule has 4 N–H and O–H groups in total. The van der Waals surface area contributed by atoms with E-state index in [0.29, 0.717) is 0 Å². The highest BCUT2D eigenvalue weighted by molar-refractivity contribution is 4.62. The van der Waals surface area contributed by atoms with Gasteiger partial charge in [0.1, 0.15) is 0 Å². The van der Waals surface area contributed by atoms with Gasteiger partial charge in [-0.15, -0.1) is 0 Å². The van der Waals surface area contributed by atoms with Crippen molar-refractivity contribution in [2.75, 3.05) is 0 Å². The summed E-state index contributed by atoms with van der Waals surface area (Å²) in [6, 6.07) is 0. The molecule has 0 aromatic heterocycles. The second kappa shape index (κ2) is 24.1. The summed E-state index contributed by atoms with van der Waals surface area (Å²) < 4.78 is 0. The monoisotopic (exact) mass is 459 g/mol. The molecule has 0 heterocycles. The van der Waals surface area contributed by atoms with Crippen molar-refractivity contribution in [3.8, 4) is 0 Å². The minimum atomic E-state index is 0. The maximum absolute atomic E-state index is 2.49. The van der Waals surface area contributed by atoms with E-state index in [2.05, 4.69) is 55.4 Å². The van der Waals surface area contributed by atoms with Gasteiger partial charge in [0.2, 0.25) is 0 Å². The Morgan fingerprint density at radius 2 is 0.469 bits per heavy atom. The van der Waals surface area contributed by atoms with E-state index >= 15 is 0 Å². The topological polar surface area (TPSA) is 63.0 Å². The van der Waals surface area contributed by atoms with Crippen LogP contribution in [0.3, 0.4) is 0 Å². The first-order chi connectivity index (χ1) is 14.2. The lowest BCUT2D eigenvalue weighted by molar-refractivity contribution is 0.369. The van der Waals surface area contributed by atoms with Crippen LogP contribution in [0.15, 0.2) is 0 Å². The average molecular weight is 459 g/mol. The molecule has 0 aromatic rings. The molecule has 2 heteroatoms. The molecule has 0 aliphatic carbocycles. The van der Waals surface area contributed by atoms with Crippen LogP contribution in [-0.4, -0.2) is 11.0 Å². The fourth-order valence-corrected chi connectivity index (χ4v) is 4.94. The van der Waals surface area contributed by atoms with Crippen molar-refractivity contribution in [3.63, 3.8) is 0 Å². The molecule has 0 aliphatic rings. The average Bonchev–Trinajstić information content (AvgIpc) is 2.64. The van der Waals surface area contributed by atoms with Crippen LogP contribution >= 0.6 is 0 Å². The van der Waals surface area contributed by atoms with Crippen LogP contribution in [0.4, 0.5) is 0 Å². The first kappa shape index (κ1) is 36.5. The van der Waals surface area contributed by atoms with Crippen molar-refractivity contribution in [2.24, 2.45) is 35.5 Å². The number of unbranched alkanes of at least 4 members (excludes halogenated alkanes) is 1. The zero-order valence-electron chi connectivity index (χ0n) is 23.8. The first-order valence-electron chi connectivity index (χ1n) is 14.2. The molecule has 0 saturated carbocycles. The van der Waals surface area contributed by atoms with E-state index in [4.69, 9.17) is 0 Å². The van der Waals surface area contributed by atoms with Gasteiger partial charge in [-0.3, -0.25) is 0 Å². The third kappa shape index (κ3) is 26.2. The van der Waals surface area contributed by atoms with Crippen molar-refractivity contribution >= 4 is 0 Å². The molecular weight excluding hydrogens is 392 g/mol. The molecular formula is C30H66O2. The summed E-state index contributed by atoms with van der Waals surface area (Å²) in [6.07, 6.45) is 23.2. The van der Waals surface area contributed by atoms with Gasteiger partial charge in [-0.1, -0.05) is 158 Å². The summed E-state index contributed by atoms with van der Waals surface area (Å²) in [7, 11) is 0. The van der Waals surface area contributed by atoms with Crippen molar-refractivity contribution < 1.29 is 11.0 Å². The summed E-state index contributed by atoms with van der Waals surface area (Å²) in [4.78, 5) is 0. The van der Waals surface area contributed by atoms with E-state index in [1.165, 1.54) is 103 Å². The van der Waals surface area contributed by atoms with Crippen LogP contribution in [0.25, 0.3) is 0 Å². The fourth-order valence-electron chi connectivity index (χ4n) is 4.94. The normalized spacial score (nSPS) is 15.2. The van der Waals surface area contributed by atoms with Gasteiger partial charge in [0.25, 0.3) is 0 Å². The third-order valence-electron chi connectivity index (χ3n) is 7.39. The van der Waals surface area contributed by atoms with Gasteiger partial charge in [0, 0.05) is 0 Å². The smallest absolute Gasteiger partial charge is 0.0443 e. The quantitative estimate of drug-likeness (QED) is 0.154. The molecule has 0 rings (SSSR count). The Labute approximate surface area is 204 Å². The Hall–Kier alpha value is -0.0800. The van der Waals surface area contributed by atoms with Crippen LogP contribution in [0.2, 0.25) is 0 Å². The largest absolute Gasteiger partial charge is 0.412 e. The Kier molecular flexibility index (Phi) is 27.4. The first-order valence-corrected chi connectivity index (χ1v) is 14.2. The summed E-state index contributed by atoms with van der Waals surface area (Å²) in [5, 5.41) is 0. The lowest BCUT2D eigenvalue weighted by Crippen LogP contribution is -2.01. The molecule has 198 valence electrons. The number of hydrogen-bond donors (Lipinski definition) is 0. The molecule has 4 unspecified atom stereocenters. The van der Waals surface area contributed by atoms with Crippen molar-refractivity contribution in [3.05, 3.63) is 0 Å². The SMILES string of the molecule is CC(C)CCCC(C)CCCC(C)CCCCC(C)CCCC(C)CCCC(C)C.O.O. The van der Waals surface area contributed by atoms with E-state index in [1.54, 1.807) is 0 Å². The lowest BCUT2D eigenvalue weighted by atomic mass is 9.90. The van der Waals surface area contributed by atoms with Gasteiger partial charge >= 0.3 is 0 Å². The third-order valence-corrected chi connectivity index (χ3v) is 7.39. The Balaban J connectivity index is -0.00000420. The van der Waals surface area contributed by atoms with E-state index in [0.717, 1.165) is 35.5 Å². The molecule has 4 atom stereocenters. The summed E-state index contributed by atoms with van der Waals surface area (Å²) in [5.41, 5.74) is 0. The van der Waals surface area contributed by atoms with E-state index in [9.17, 15) is 0 Å². The van der Waals surface area contributed by atoms with E-state index in [-0.39, 0.29) is 11.0 Å². The predicted molar refractivity (Wildman–Crippen MR) is 147 cm³/mol. The van der Waals surface area contributed by atoms with Crippen LogP contribution in [0.5, 0.6) is 0 Å². The standard InChI is InChI=1S/C30H62.2H2O/c1-25(2)15-11-19-29(7)23-13-21-27(5)17-9-10-18-28(6)22-14-24-30(8)20-12-16-26(3)4;;/h25-30H,9-24H2,1-8H3;2*1H2. The lowest BCUT2D eigenvalue weighted by Gasteiger charge is -2.16. The molecule has 0 saturated heterocycles. The van der Waals surface area contributed by atoms with Gasteiger partial charge in [-0.25, -0.2) is 0 Å². The molecule has 0 aromatic carbocycles. The summed E-state index contributed by atoms with van der Waals surface area (Å²) in [6.45, 7) is 19.3.